The van der Waals surface area contributed by atoms with Crippen LogP contribution in [0.2, 0.25) is 0 Å². The van der Waals surface area contributed by atoms with Crippen LogP contribution in [0.4, 0.5) is 0 Å². The maximum atomic E-state index is 16.5. The van der Waals surface area contributed by atoms with Gasteiger partial charge in [0.2, 0.25) is 5.78 Å². The molecule has 5 heterocycles. The van der Waals surface area contributed by atoms with Gasteiger partial charge in [-0.3, -0.25) is 24.3 Å². The number of nitrogens with one attached hydrogen (secondary N) is 1. The summed E-state index contributed by atoms with van der Waals surface area (Å²) >= 11 is 0. The van der Waals surface area contributed by atoms with Crippen molar-refractivity contribution in [1.29, 1.82) is 0 Å². The number of tetrazole rings is 1. The molecule has 10 heteroatoms. The molecule has 1 aromatic heterocycles. The Morgan fingerprint density at radius 3 is 1.98 bits per heavy atom. The maximum absolute atomic E-state index is 16.5. The Hall–Kier alpha value is -3.73. The summed E-state index contributed by atoms with van der Waals surface area (Å²) in [4.78, 5) is 43.1. The number of benzene rings is 2. The molecule has 4 aliphatic heterocycles. The molecule has 2 aromatic carbocycles. The van der Waals surface area contributed by atoms with E-state index < -0.39 is 16.6 Å². The molecule has 1 saturated carbocycles. The van der Waals surface area contributed by atoms with E-state index in [1.54, 1.807) is 0 Å². The monoisotopic (exact) mass is 758 g/mol. The van der Waals surface area contributed by atoms with Crippen LogP contribution >= 0.6 is 0 Å². The average molecular weight is 759 g/mol. The maximum Gasteiger partial charge on any atom is 0.208 e. The molecule has 5 fully saturated rings. The predicted molar refractivity (Wildman–Crippen MR) is 220 cm³/mol. The highest BCUT2D eigenvalue weighted by Crippen LogP contribution is 2.64. The van der Waals surface area contributed by atoms with Gasteiger partial charge in [-0.15, -0.1) is 5.10 Å². The topological polar surface area (TPSA) is 102 Å². The third kappa shape index (κ3) is 5.55. The van der Waals surface area contributed by atoms with Crippen molar-refractivity contribution in [3.63, 3.8) is 0 Å². The molecule has 3 aromatic rings. The van der Waals surface area contributed by atoms with E-state index in [9.17, 15) is 0 Å². The van der Waals surface area contributed by atoms with Gasteiger partial charge in [-0.1, -0.05) is 75.7 Å². The van der Waals surface area contributed by atoms with Gasteiger partial charge in [0.15, 0.2) is 17.1 Å². The molecule has 6 aliphatic rings. The summed E-state index contributed by atoms with van der Waals surface area (Å²) in [6, 6.07) is 17.5. The lowest BCUT2D eigenvalue weighted by Gasteiger charge is -2.72. The highest BCUT2D eigenvalue weighted by Gasteiger charge is 2.80. The van der Waals surface area contributed by atoms with Crippen molar-refractivity contribution in [1.82, 2.24) is 40.2 Å². The van der Waals surface area contributed by atoms with E-state index in [0.29, 0.717) is 5.82 Å². The molecule has 0 radical (unpaired) electrons. The Balaban J connectivity index is 1.33. The first-order chi connectivity index (χ1) is 27.4. The second kappa shape index (κ2) is 15.2. The van der Waals surface area contributed by atoms with E-state index >= 15 is 9.59 Å². The van der Waals surface area contributed by atoms with Crippen LogP contribution in [-0.2, 0) is 16.0 Å². The predicted octanol–water partition coefficient (Wildman–Crippen LogP) is 6.95. The van der Waals surface area contributed by atoms with E-state index in [-0.39, 0.29) is 23.4 Å². The number of unbranched alkanes of at least 4 members (excludes halogenated alkanes) is 1. The van der Waals surface area contributed by atoms with Crippen LogP contribution < -0.4 is 0 Å². The summed E-state index contributed by atoms with van der Waals surface area (Å²) in [6.07, 6.45) is 13.4. The van der Waals surface area contributed by atoms with Crippen LogP contribution in [0, 0.1) is 11.8 Å². The van der Waals surface area contributed by atoms with Crippen LogP contribution in [0.25, 0.3) is 22.5 Å². The molecule has 56 heavy (non-hydrogen) atoms. The van der Waals surface area contributed by atoms with Crippen molar-refractivity contribution in [2.24, 2.45) is 11.8 Å². The lowest BCUT2D eigenvalue weighted by Crippen LogP contribution is -2.91. The van der Waals surface area contributed by atoms with Crippen LogP contribution in [0.3, 0.4) is 0 Å². The van der Waals surface area contributed by atoms with Crippen molar-refractivity contribution in [3.8, 4) is 22.5 Å². The minimum atomic E-state index is -1.22. The summed E-state index contributed by atoms with van der Waals surface area (Å²) < 4.78 is 0. The number of nitrogens with zero attached hydrogens (tertiary/aromatic N) is 7. The van der Waals surface area contributed by atoms with Gasteiger partial charge >= 0.3 is 0 Å². The van der Waals surface area contributed by atoms with Crippen molar-refractivity contribution in [2.45, 2.75) is 121 Å². The number of aromatic nitrogens is 4. The van der Waals surface area contributed by atoms with Crippen LogP contribution in [0.5, 0.6) is 0 Å². The van der Waals surface area contributed by atoms with Gasteiger partial charge in [0.25, 0.3) is 0 Å². The van der Waals surface area contributed by atoms with E-state index in [0.717, 1.165) is 158 Å². The number of fused-ring (bicyclic) bond motifs is 1. The van der Waals surface area contributed by atoms with Gasteiger partial charge in [0.05, 0.1) is 16.8 Å². The number of ketones is 2. The quantitative estimate of drug-likeness (QED) is 0.208. The number of likely N-dealkylation sites (tertiary alicyclic amines) is 4. The molecule has 298 valence electrons. The number of aromatic amines is 1. The second-order valence-corrected chi connectivity index (χ2v) is 18.0. The zero-order valence-electron chi connectivity index (χ0n) is 34.1. The Bertz CT molecular complexity index is 1920. The summed E-state index contributed by atoms with van der Waals surface area (Å²) in [5, 5.41) is 14.9. The molecule has 0 bridgehead atoms. The fraction of sp³-hybridized carbons (Fsp3) is 0.630. The van der Waals surface area contributed by atoms with E-state index in [4.69, 9.17) is 0 Å². The van der Waals surface area contributed by atoms with Gasteiger partial charge in [-0.25, -0.2) is 5.10 Å². The smallest absolute Gasteiger partial charge is 0.208 e. The number of carbonyl (C=O) groups excluding carboxylic acids is 2. The van der Waals surface area contributed by atoms with Gasteiger partial charge < -0.3 is 4.90 Å². The first kappa shape index (κ1) is 37.8. The number of rotatable bonds is 11. The first-order valence-corrected chi connectivity index (χ1v) is 22.1. The molecule has 4 saturated heterocycles. The Morgan fingerprint density at radius 1 is 0.750 bits per heavy atom. The van der Waals surface area contributed by atoms with Gasteiger partial charge in [-0.05, 0) is 155 Å². The Kier molecular flexibility index (Phi) is 10.3. The zero-order valence-corrected chi connectivity index (χ0v) is 34.1. The molecular weight excluding hydrogens is 697 g/mol. The molecule has 2 aliphatic carbocycles. The molecule has 10 nitrogen and oxygen atoms in total. The number of hydrogen-bond acceptors (Lipinski definition) is 9. The lowest BCUT2D eigenvalue weighted by molar-refractivity contribution is -0.193. The second-order valence-electron chi connectivity index (χ2n) is 18.0. The molecule has 1 N–H and O–H groups in total. The standard InChI is InChI=1S/C46H62N8O2/c1-4-5-18-39-40(51-23-8-9-24-51)42(56)46(54-29-14-15-30-54)41(55)34(3)33(2)31-45(46,53-27-12-13-28-53)44(39,52-25-10-11-26-52)32-35-19-21-36(22-20-35)37-16-6-7-17-38(37)43-47-49-50-48-43/h6-7,16-17,19-22,33-34H,4-5,8-15,18,23-32H2,1-3H3,(H,47,48,49,50). The minimum Gasteiger partial charge on any atom is -0.369 e. The van der Waals surface area contributed by atoms with Crippen molar-refractivity contribution in [2.75, 3.05) is 52.4 Å². The fourth-order valence-corrected chi connectivity index (χ4v) is 12.6. The van der Waals surface area contributed by atoms with Crippen molar-refractivity contribution >= 4 is 11.6 Å². The summed E-state index contributed by atoms with van der Waals surface area (Å²) in [7, 11) is 0. The van der Waals surface area contributed by atoms with Gasteiger partial charge in [0, 0.05) is 24.6 Å². The van der Waals surface area contributed by atoms with E-state index in [1.807, 2.05) is 6.07 Å². The molecule has 0 amide bonds. The summed E-state index contributed by atoms with van der Waals surface area (Å²) in [5.41, 5.74) is 4.28. The summed E-state index contributed by atoms with van der Waals surface area (Å²) in [5.74, 6) is 1.01. The van der Waals surface area contributed by atoms with Crippen LogP contribution in [0.15, 0.2) is 59.8 Å². The van der Waals surface area contributed by atoms with E-state index in [2.05, 4.69) is 103 Å². The highest BCUT2D eigenvalue weighted by atomic mass is 16.2. The Morgan fingerprint density at radius 2 is 1.36 bits per heavy atom. The largest absolute Gasteiger partial charge is 0.369 e. The number of Topliss-reactive ketones (excluding diaryl/α,β-unsaturated/α-hetero) is 2. The number of hydrogen-bond donors (Lipinski definition) is 1. The van der Waals surface area contributed by atoms with Gasteiger partial charge in [0.1, 0.15) is 0 Å². The van der Waals surface area contributed by atoms with Crippen molar-refractivity contribution in [3.05, 3.63) is 65.4 Å². The normalized spacial score (nSPS) is 31.9. The summed E-state index contributed by atoms with van der Waals surface area (Å²) in [6.45, 7) is 14.1. The van der Waals surface area contributed by atoms with Gasteiger partial charge in [-0.2, -0.15) is 0 Å². The van der Waals surface area contributed by atoms with Crippen LogP contribution in [-0.4, -0.2) is 121 Å². The molecule has 9 rings (SSSR count). The molecule has 5 atom stereocenters. The lowest BCUT2D eigenvalue weighted by atomic mass is 9.44. The Labute approximate surface area is 333 Å². The highest BCUT2D eigenvalue weighted by molar-refractivity contribution is 6.22. The third-order valence-electron chi connectivity index (χ3n) is 15.2. The third-order valence-corrected chi connectivity index (χ3v) is 15.2. The van der Waals surface area contributed by atoms with E-state index in [1.165, 1.54) is 11.1 Å². The van der Waals surface area contributed by atoms with Crippen molar-refractivity contribution < 1.29 is 9.59 Å². The minimum absolute atomic E-state index is 0.159. The van der Waals surface area contributed by atoms with Crippen LogP contribution in [0.1, 0.15) is 103 Å². The molecule has 0 spiro atoms. The number of carbonyl (C=O) groups is 2. The molecule has 5 unspecified atom stereocenters. The molecular formula is C46H62N8O2. The number of H-pyrrole nitrogens is 1. The fourth-order valence-electron chi connectivity index (χ4n) is 12.6. The SMILES string of the molecule is CCCCC1=C(N2CCCC2)C(=O)C2(N3CCCC3)C(=O)C(C)C(C)CC2(N2CCCC2)C1(Cc1ccc(-c2ccccc2-c2nnn[nH]2)cc1)N1CCCC1. The zero-order chi connectivity index (χ0) is 38.5. The first-order valence-electron chi connectivity index (χ1n) is 22.1. The average Bonchev–Trinajstić information content (AvgIpc) is 4.07.